The lowest BCUT2D eigenvalue weighted by molar-refractivity contribution is 0.121. The fourth-order valence-electron chi connectivity index (χ4n) is 3.09. The molecule has 0 radical (unpaired) electrons. The van der Waals surface area contributed by atoms with Crippen LogP contribution in [-0.4, -0.2) is 56.0 Å². The number of hydrogen-bond acceptors (Lipinski definition) is 4. The zero-order valence-electron chi connectivity index (χ0n) is 17.4. The van der Waals surface area contributed by atoms with Crippen molar-refractivity contribution >= 4 is 39.8 Å². The van der Waals surface area contributed by atoms with Gasteiger partial charge in [-0.2, -0.15) is 0 Å². The third kappa shape index (κ3) is 6.59. The summed E-state index contributed by atoms with van der Waals surface area (Å²) in [5.41, 5.74) is 2.28. The van der Waals surface area contributed by atoms with E-state index in [2.05, 4.69) is 29.3 Å². The summed E-state index contributed by atoms with van der Waals surface area (Å²) in [6, 6.07) is 8.17. The quantitative estimate of drug-likeness (QED) is 0.257. The number of benzene rings is 1. The molecule has 0 spiro atoms. The Morgan fingerprint density at radius 3 is 2.54 bits per heavy atom. The summed E-state index contributed by atoms with van der Waals surface area (Å²) < 4.78 is 29.5. The monoisotopic (exact) mass is 523 g/mol. The molecule has 0 amide bonds. The summed E-state index contributed by atoms with van der Waals surface area (Å²) in [6.07, 6.45) is 0.999. The smallest absolute Gasteiger partial charge is 0.194 e. The van der Waals surface area contributed by atoms with Crippen LogP contribution in [0, 0.1) is 0 Å². The molecule has 0 aromatic heterocycles. The first-order valence-electron chi connectivity index (χ1n) is 9.71. The number of halogens is 1. The van der Waals surface area contributed by atoms with E-state index >= 15 is 0 Å². The van der Waals surface area contributed by atoms with E-state index in [4.69, 9.17) is 9.73 Å². The summed E-state index contributed by atoms with van der Waals surface area (Å²) in [5, 5.41) is 3.31. The summed E-state index contributed by atoms with van der Waals surface area (Å²) in [6.45, 7) is 11.2. The molecule has 1 aliphatic rings. The van der Waals surface area contributed by atoms with Gasteiger partial charge in [-0.1, -0.05) is 31.2 Å². The zero-order chi connectivity index (χ0) is 19.9. The molecule has 0 bridgehead atoms. The second-order valence-electron chi connectivity index (χ2n) is 7.49. The SMILES string of the molecule is CCCOCc1ccccc1CN=C(NCC)N1CCS(=O)(=O)C(C)(C)C1.I. The van der Waals surface area contributed by atoms with Crippen LogP contribution in [0.15, 0.2) is 29.3 Å². The van der Waals surface area contributed by atoms with E-state index in [0.29, 0.717) is 26.2 Å². The predicted octanol–water partition coefficient (Wildman–Crippen LogP) is 3.21. The number of aliphatic imine (C=N–C) groups is 1. The molecule has 1 aromatic carbocycles. The number of guanidine groups is 1. The van der Waals surface area contributed by atoms with Crippen LogP contribution in [0.5, 0.6) is 0 Å². The van der Waals surface area contributed by atoms with Gasteiger partial charge in [-0.05, 0) is 38.3 Å². The molecule has 1 aliphatic heterocycles. The fourth-order valence-corrected chi connectivity index (χ4v) is 4.46. The number of nitrogens with one attached hydrogen (secondary N) is 1. The van der Waals surface area contributed by atoms with Crippen LogP contribution in [0.3, 0.4) is 0 Å². The Morgan fingerprint density at radius 1 is 1.25 bits per heavy atom. The van der Waals surface area contributed by atoms with E-state index in [1.165, 1.54) is 0 Å². The van der Waals surface area contributed by atoms with Gasteiger partial charge in [0.25, 0.3) is 0 Å². The molecule has 0 saturated carbocycles. The van der Waals surface area contributed by atoms with E-state index in [-0.39, 0.29) is 29.7 Å². The number of sulfone groups is 1. The van der Waals surface area contributed by atoms with Gasteiger partial charge in [0.05, 0.1) is 23.7 Å². The zero-order valence-corrected chi connectivity index (χ0v) is 20.5. The molecule has 1 saturated heterocycles. The molecule has 0 unspecified atom stereocenters. The Morgan fingerprint density at radius 2 is 1.93 bits per heavy atom. The second-order valence-corrected chi connectivity index (χ2v) is 10.2. The Bertz CT molecular complexity index is 751. The van der Waals surface area contributed by atoms with Gasteiger partial charge in [0.1, 0.15) is 0 Å². The second kappa shape index (κ2) is 11.3. The number of nitrogens with zero attached hydrogens (tertiary/aromatic N) is 2. The van der Waals surface area contributed by atoms with Crippen molar-refractivity contribution in [1.29, 1.82) is 0 Å². The molecule has 6 nitrogen and oxygen atoms in total. The highest BCUT2D eigenvalue weighted by Crippen LogP contribution is 2.24. The third-order valence-electron chi connectivity index (χ3n) is 4.80. The Labute approximate surface area is 187 Å². The average molecular weight is 523 g/mol. The van der Waals surface area contributed by atoms with Crippen molar-refractivity contribution in [1.82, 2.24) is 10.2 Å². The van der Waals surface area contributed by atoms with Crippen LogP contribution in [0.1, 0.15) is 45.2 Å². The molecular weight excluding hydrogens is 489 g/mol. The van der Waals surface area contributed by atoms with Gasteiger partial charge >= 0.3 is 0 Å². The highest BCUT2D eigenvalue weighted by Gasteiger charge is 2.40. The van der Waals surface area contributed by atoms with E-state index in [0.717, 1.165) is 36.7 Å². The van der Waals surface area contributed by atoms with Crippen molar-refractivity contribution in [2.24, 2.45) is 4.99 Å². The minimum Gasteiger partial charge on any atom is -0.377 e. The maximum atomic E-state index is 12.3. The van der Waals surface area contributed by atoms with Gasteiger partial charge in [-0.15, -0.1) is 24.0 Å². The topological polar surface area (TPSA) is 71.0 Å². The molecule has 8 heteroatoms. The van der Waals surface area contributed by atoms with Crippen LogP contribution in [0.2, 0.25) is 0 Å². The summed E-state index contributed by atoms with van der Waals surface area (Å²) >= 11 is 0. The van der Waals surface area contributed by atoms with Crippen LogP contribution in [-0.2, 0) is 27.7 Å². The molecule has 2 rings (SSSR count). The van der Waals surface area contributed by atoms with Gasteiger partial charge in [-0.3, -0.25) is 0 Å². The van der Waals surface area contributed by atoms with E-state index in [9.17, 15) is 8.42 Å². The summed E-state index contributed by atoms with van der Waals surface area (Å²) in [4.78, 5) is 6.85. The molecule has 1 aromatic rings. The average Bonchev–Trinajstić information content (AvgIpc) is 2.62. The third-order valence-corrected chi connectivity index (χ3v) is 7.33. The summed E-state index contributed by atoms with van der Waals surface area (Å²) in [5.74, 6) is 0.927. The van der Waals surface area contributed by atoms with Crippen molar-refractivity contribution in [2.45, 2.75) is 52.0 Å². The van der Waals surface area contributed by atoms with Crippen molar-refractivity contribution in [3.05, 3.63) is 35.4 Å². The maximum absolute atomic E-state index is 12.3. The molecule has 1 fully saturated rings. The highest BCUT2D eigenvalue weighted by atomic mass is 127. The fraction of sp³-hybridized carbons (Fsp3) is 0.650. The molecule has 160 valence electrons. The minimum absolute atomic E-state index is 0. The van der Waals surface area contributed by atoms with Crippen LogP contribution in [0.4, 0.5) is 0 Å². The van der Waals surface area contributed by atoms with E-state index in [1.54, 1.807) is 13.8 Å². The minimum atomic E-state index is -3.07. The van der Waals surface area contributed by atoms with Gasteiger partial charge < -0.3 is 15.0 Å². The first-order chi connectivity index (χ1) is 12.8. The lowest BCUT2D eigenvalue weighted by Gasteiger charge is -2.39. The molecule has 0 atom stereocenters. The molecule has 1 N–H and O–H groups in total. The summed E-state index contributed by atoms with van der Waals surface area (Å²) in [7, 11) is -3.07. The molecule has 0 aliphatic carbocycles. The van der Waals surface area contributed by atoms with E-state index < -0.39 is 14.6 Å². The molecule has 1 heterocycles. The highest BCUT2D eigenvalue weighted by molar-refractivity contribution is 14.0. The van der Waals surface area contributed by atoms with Gasteiger partial charge in [0, 0.05) is 26.2 Å². The normalized spacial score (nSPS) is 18.4. The Hall–Kier alpha value is -0.870. The van der Waals surface area contributed by atoms with Crippen molar-refractivity contribution in [2.75, 3.05) is 32.0 Å². The van der Waals surface area contributed by atoms with Crippen molar-refractivity contribution in [3.8, 4) is 0 Å². The largest absolute Gasteiger partial charge is 0.377 e. The number of rotatable bonds is 7. The predicted molar refractivity (Wildman–Crippen MR) is 126 cm³/mol. The van der Waals surface area contributed by atoms with Crippen molar-refractivity contribution < 1.29 is 13.2 Å². The van der Waals surface area contributed by atoms with Crippen LogP contribution in [0.25, 0.3) is 0 Å². The standard InChI is InChI=1S/C20H33N3O3S.HI/c1-5-12-26-15-18-10-8-7-9-17(18)14-22-19(21-6-2)23-11-13-27(24,25)20(3,4)16-23;/h7-10H,5-6,11-16H2,1-4H3,(H,21,22);1H. The van der Waals surface area contributed by atoms with Gasteiger partial charge in [0.2, 0.25) is 0 Å². The lowest BCUT2D eigenvalue weighted by atomic mass is 10.1. The van der Waals surface area contributed by atoms with Crippen LogP contribution < -0.4 is 5.32 Å². The lowest BCUT2D eigenvalue weighted by Crippen LogP contribution is -2.57. The maximum Gasteiger partial charge on any atom is 0.194 e. The van der Waals surface area contributed by atoms with Crippen LogP contribution >= 0.6 is 24.0 Å². The Kier molecular flexibility index (Phi) is 10.2. The first-order valence-corrected chi connectivity index (χ1v) is 11.4. The number of ether oxygens (including phenoxy) is 1. The van der Waals surface area contributed by atoms with E-state index in [1.807, 2.05) is 19.1 Å². The molecule has 28 heavy (non-hydrogen) atoms. The first kappa shape index (κ1) is 25.2. The van der Waals surface area contributed by atoms with Gasteiger partial charge in [-0.25, -0.2) is 13.4 Å². The Balaban J connectivity index is 0.00000392. The van der Waals surface area contributed by atoms with Gasteiger partial charge in [0.15, 0.2) is 15.8 Å². The van der Waals surface area contributed by atoms with Crippen molar-refractivity contribution in [3.63, 3.8) is 0 Å². The number of hydrogen-bond donors (Lipinski definition) is 1. The molecular formula is C20H34IN3O3S.